The molecule has 0 fully saturated rings. The predicted octanol–water partition coefficient (Wildman–Crippen LogP) is 5.13. The van der Waals surface area contributed by atoms with Crippen molar-refractivity contribution in [3.63, 3.8) is 0 Å². The van der Waals surface area contributed by atoms with Crippen molar-refractivity contribution < 1.29 is 14.0 Å². The van der Waals surface area contributed by atoms with Gasteiger partial charge in [-0.25, -0.2) is 4.39 Å². The second-order valence-corrected chi connectivity index (χ2v) is 8.66. The average Bonchev–Trinajstić information content (AvgIpc) is 3.17. The molecule has 3 aromatic rings. The van der Waals surface area contributed by atoms with Crippen molar-refractivity contribution >= 4 is 52.5 Å². The van der Waals surface area contributed by atoms with E-state index in [0.717, 1.165) is 11.8 Å². The second-order valence-electron chi connectivity index (χ2n) is 6.88. The molecule has 2 aromatic carbocycles. The lowest BCUT2D eigenvalue weighted by atomic mass is 10.2. The van der Waals surface area contributed by atoms with Crippen molar-refractivity contribution in [2.45, 2.75) is 24.7 Å². The molecule has 1 atom stereocenters. The molecule has 172 valence electrons. The van der Waals surface area contributed by atoms with Gasteiger partial charge in [0.2, 0.25) is 5.91 Å². The number of anilines is 1. The van der Waals surface area contributed by atoms with Crippen LogP contribution in [0.2, 0.25) is 10.0 Å². The van der Waals surface area contributed by atoms with Crippen LogP contribution in [0.5, 0.6) is 0 Å². The molecule has 2 amide bonds. The van der Waals surface area contributed by atoms with Crippen LogP contribution < -0.4 is 10.6 Å². The fraction of sp³-hybridized carbons (Fsp3) is 0.182. The molecule has 0 bridgehead atoms. The molecule has 1 heterocycles. The number of hydrogen-bond acceptors (Lipinski definition) is 5. The van der Waals surface area contributed by atoms with Crippen LogP contribution in [0, 0.1) is 5.82 Å². The lowest BCUT2D eigenvalue weighted by Crippen LogP contribution is -2.29. The van der Waals surface area contributed by atoms with Gasteiger partial charge in [0.1, 0.15) is 5.82 Å². The van der Waals surface area contributed by atoms with Crippen molar-refractivity contribution in [1.82, 2.24) is 20.1 Å². The van der Waals surface area contributed by atoms with Gasteiger partial charge in [0.15, 0.2) is 11.0 Å². The van der Waals surface area contributed by atoms with Gasteiger partial charge in [-0.2, -0.15) is 0 Å². The van der Waals surface area contributed by atoms with Gasteiger partial charge in [0, 0.05) is 11.6 Å². The van der Waals surface area contributed by atoms with E-state index in [0.29, 0.717) is 22.5 Å². The van der Waals surface area contributed by atoms with E-state index in [1.165, 1.54) is 24.3 Å². The smallest absolute Gasteiger partial charge is 0.253 e. The van der Waals surface area contributed by atoms with Crippen LogP contribution in [0.3, 0.4) is 0 Å². The minimum Gasteiger partial charge on any atom is -0.342 e. The molecule has 0 spiro atoms. The topological polar surface area (TPSA) is 88.9 Å². The number of hydrogen-bond donors (Lipinski definition) is 2. The van der Waals surface area contributed by atoms with Crippen LogP contribution in [0.25, 0.3) is 0 Å². The zero-order valence-electron chi connectivity index (χ0n) is 17.5. The van der Waals surface area contributed by atoms with Crippen LogP contribution in [-0.2, 0) is 11.3 Å². The van der Waals surface area contributed by atoms with Crippen molar-refractivity contribution in [3.8, 4) is 0 Å². The van der Waals surface area contributed by atoms with E-state index in [2.05, 4.69) is 27.4 Å². The Morgan fingerprint density at radius 3 is 2.70 bits per heavy atom. The van der Waals surface area contributed by atoms with E-state index in [1.54, 1.807) is 35.8 Å². The average molecular weight is 508 g/mol. The Hall–Kier alpha value is -2.88. The summed E-state index contributed by atoms with van der Waals surface area (Å²) in [6.07, 6.45) is 1.65. The number of aromatic nitrogens is 3. The van der Waals surface area contributed by atoms with Crippen molar-refractivity contribution in [2.75, 3.05) is 11.1 Å². The van der Waals surface area contributed by atoms with Crippen LogP contribution in [-0.4, -0.2) is 32.3 Å². The molecule has 0 aliphatic heterocycles. The number of nitrogens with one attached hydrogen (secondary N) is 2. The number of allylic oxidation sites excluding steroid dienone is 1. The van der Waals surface area contributed by atoms with Gasteiger partial charge in [0.05, 0.1) is 28.1 Å². The number of nitrogens with zero attached hydrogens (tertiary/aromatic N) is 3. The Morgan fingerprint density at radius 2 is 2.00 bits per heavy atom. The number of thioether (sulfide) groups is 1. The number of rotatable bonds is 9. The number of carbonyl (C=O) groups excluding carboxylic acids is 2. The van der Waals surface area contributed by atoms with E-state index in [9.17, 15) is 14.0 Å². The Balaban J connectivity index is 1.69. The SMILES string of the molecule is C=CCn1c(SCC(=O)Nc2ccccc2F)nnc1[C@@H](C)NC(=O)c1ccc(Cl)cc1Cl. The number of benzene rings is 2. The fourth-order valence-electron chi connectivity index (χ4n) is 2.92. The molecule has 0 saturated heterocycles. The minimum atomic E-state index is -0.515. The quantitative estimate of drug-likeness (QED) is 0.309. The van der Waals surface area contributed by atoms with Crippen LogP contribution >= 0.6 is 35.0 Å². The largest absolute Gasteiger partial charge is 0.342 e. The standard InChI is InChI=1S/C22H20Cl2FN5O2S/c1-3-10-30-20(13(2)26-21(32)15-9-8-14(23)11-16(15)24)28-29-22(30)33-12-19(31)27-18-7-5-4-6-17(18)25/h3-9,11,13H,1,10,12H2,2H3,(H,26,32)(H,27,31)/t13-/m1/s1. The molecule has 0 aliphatic rings. The van der Waals surface area contributed by atoms with Crippen molar-refractivity contribution in [3.05, 3.63) is 82.4 Å². The number of para-hydroxylation sites is 1. The van der Waals surface area contributed by atoms with Crippen LogP contribution in [0.15, 0.2) is 60.3 Å². The molecule has 0 radical (unpaired) electrons. The summed E-state index contributed by atoms with van der Waals surface area (Å²) in [5, 5.41) is 14.8. The molecular formula is C22H20Cl2FN5O2S. The first-order chi connectivity index (χ1) is 15.8. The lowest BCUT2D eigenvalue weighted by Gasteiger charge is -2.16. The summed E-state index contributed by atoms with van der Waals surface area (Å²) in [4.78, 5) is 24.9. The van der Waals surface area contributed by atoms with Gasteiger partial charge in [-0.3, -0.25) is 9.59 Å². The zero-order valence-corrected chi connectivity index (χ0v) is 19.8. The molecule has 0 saturated carbocycles. The molecule has 0 aliphatic carbocycles. The van der Waals surface area contributed by atoms with E-state index in [1.807, 2.05) is 0 Å². The lowest BCUT2D eigenvalue weighted by molar-refractivity contribution is -0.113. The van der Waals surface area contributed by atoms with Gasteiger partial charge in [0.25, 0.3) is 5.91 Å². The summed E-state index contributed by atoms with van der Waals surface area (Å²) in [5.74, 6) is -0.831. The Morgan fingerprint density at radius 1 is 1.24 bits per heavy atom. The highest BCUT2D eigenvalue weighted by molar-refractivity contribution is 7.99. The predicted molar refractivity (Wildman–Crippen MR) is 128 cm³/mol. The summed E-state index contributed by atoms with van der Waals surface area (Å²) >= 11 is 13.1. The maximum Gasteiger partial charge on any atom is 0.253 e. The highest BCUT2D eigenvalue weighted by Gasteiger charge is 2.21. The highest BCUT2D eigenvalue weighted by Crippen LogP contribution is 2.24. The molecular weight excluding hydrogens is 488 g/mol. The van der Waals surface area contributed by atoms with Gasteiger partial charge in [-0.15, -0.1) is 16.8 Å². The first-order valence-electron chi connectivity index (χ1n) is 9.77. The van der Waals surface area contributed by atoms with Crippen molar-refractivity contribution in [2.24, 2.45) is 0 Å². The molecule has 33 heavy (non-hydrogen) atoms. The maximum atomic E-state index is 13.7. The van der Waals surface area contributed by atoms with E-state index < -0.39 is 23.7 Å². The Bertz CT molecular complexity index is 1190. The monoisotopic (exact) mass is 507 g/mol. The highest BCUT2D eigenvalue weighted by atomic mass is 35.5. The molecule has 3 rings (SSSR count). The second kappa shape index (κ2) is 11.3. The van der Waals surface area contributed by atoms with Crippen LogP contribution in [0.4, 0.5) is 10.1 Å². The first kappa shape index (κ1) is 24.8. The van der Waals surface area contributed by atoms with Gasteiger partial charge < -0.3 is 15.2 Å². The van der Waals surface area contributed by atoms with Crippen molar-refractivity contribution in [1.29, 1.82) is 0 Å². The first-order valence-corrected chi connectivity index (χ1v) is 11.5. The Labute approximate surface area is 204 Å². The van der Waals surface area contributed by atoms with E-state index in [-0.39, 0.29) is 22.0 Å². The minimum absolute atomic E-state index is 0.00919. The van der Waals surface area contributed by atoms with Crippen LogP contribution in [0.1, 0.15) is 29.1 Å². The van der Waals surface area contributed by atoms with Gasteiger partial charge in [-0.05, 0) is 37.3 Å². The fourth-order valence-corrected chi connectivity index (χ4v) is 4.17. The number of halogens is 3. The molecule has 7 nitrogen and oxygen atoms in total. The molecule has 2 N–H and O–H groups in total. The number of carbonyl (C=O) groups is 2. The summed E-state index contributed by atoms with van der Waals surface area (Å²) < 4.78 is 15.5. The van der Waals surface area contributed by atoms with E-state index >= 15 is 0 Å². The third-order valence-electron chi connectivity index (χ3n) is 4.45. The van der Waals surface area contributed by atoms with Gasteiger partial charge in [-0.1, -0.05) is 53.2 Å². The third kappa shape index (κ3) is 6.34. The molecule has 1 aromatic heterocycles. The zero-order chi connectivity index (χ0) is 24.0. The summed E-state index contributed by atoms with van der Waals surface area (Å²) in [7, 11) is 0. The summed E-state index contributed by atoms with van der Waals surface area (Å²) in [6, 6.07) is 10.0. The summed E-state index contributed by atoms with van der Waals surface area (Å²) in [6.45, 7) is 5.86. The molecule has 11 heteroatoms. The van der Waals surface area contributed by atoms with E-state index in [4.69, 9.17) is 23.2 Å². The maximum absolute atomic E-state index is 13.7. The summed E-state index contributed by atoms with van der Waals surface area (Å²) in [5.41, 5.74) is 0.385. The molecule has 0 unspecified atom stereocenters. The third-order valence-corrected chi connectivity index (χ3v) is 5.96. The van der Waals surface area contributed by atoms with Gasteiger partial charge >= 0.3 is 0 Å². The Kier molecular flexibility index (Phi) is 8.49. The number of amides is 2. The normalized spacial score (nSPS) is 11.6.